The van der Waals surface area contributed by atoms with Gasteiger partial charge in [-0.25, -0.2) is 0 Å². The molecule has 1 fully saturated rings. The summed E-state index contributed by atoms with van der Waals surface area (Å²) in [5, 5.41) is 0. The Kier molecular flexibility index (Phi) is 7.61. The number of rotatable bonds is 3. The molecule has 1 aliphatic carbocycles. The van der Waals surface area contributed by atoms with Crippen LogP contribution < -0.4 is 0 Å². The SMILES string of the molecule is C=C/C=C(\C=C)C1CCCCC1=O.CC. The van der Waals surface area contributed by atoms with Crippen LogP contribution in [0.3, 0.4) is 0 Å². The van der Waals surface area contributed by atoms with Crippen LogP contribution >= 0.6 is 0 Å². The molecule has 1 atom stereocenters. The summed E-state index contributed by atoms with van der Waals surface area (Å²) in [6.07, 6.45) is 9.29. The number of ketones is 1. The van der Waals surface area contributed by atoms with Crippen LogP contribution in [-0.2, 0) is 4.79 Å². The maximum absolute atomic E-state index is 11.5. The second kappa shape index (κ2) is 8.22. The molecule has 0 heterocycles. The fourth-order valence-corrected chi connectivity index (χ4v) is 1.80. The summed E-state index contributed by atoms with van der Waals surface area (Å²) < 4.78 is 0. The van der Waals surface area contributed by atoms with E-state index < -0.39 is 0 Å². The Labute approximate surface area is 93.6 Å². The first kappa shape index (κ1) is 13.9. The van der Waals surface area contributed by atoms with Gasteiger partial charge >= 0.3 is 0 Å². The summed E-state index contributed by atoms with van der Waals surface area (Å²) in [6, 6.07) is 0. The molecule has 0 aromatic heterocycles. The highest BCUT2D eigenvalue weighted by atomic mass is 16.1. The van der Waals surface area contributed by atoms with Gasteiger partial charge in [0.1, 0.15) is 5.78 Å². The second-order valence-electron chi connectivity index (χ2n) is 3.37. The van der Waals surface area contributed by atoms with Gasteiger partial charge in [0.15, 0.2) is 0 Å². The van der Waals surface area contributed by atoms with E-state index in [2.05, 4.69) is 13.2 Å². The fourth-order valence-electron chi connectivity index (χ4n) is 1.80. The largest absolute Gasteiger partial charge is 0.299 e. The number of carbonyl (C=O) groups is 1. The molecule has 1 aliphatic rings. The molecule has 0 aromatic carbocycles. The molecule has 0 spiro atoms. The molecule has 15 heavy (non-hydrogen) atoms. The van der Waals surface area contributed by atoms with Crippen molar-refractivity contribution < 1.29 is 4.79 Å². The molecule has 1 heteroatoms. The molecule has 1 rings (SSSR count). The zero-order chi connectivity index (χ0) is 11.7. The monoisotopic (exact) mass is 206 g/mol. The Balaban J connectivity index is 0.000000921. The lowest BCUT2D eigenvalue weighted by Gasteiger charge is -2.21. The highest BCUT2D eigenvalue weighted by molar-refractivity contribution is 5.85. The highest BCUT2D eigenvalue weighted by Gasteiger charge is 2.23. The average Bonchev–Trinajstić information content (AvgIpc) is 2.30. The minimum atomic E-state index is 0.0873. The van der Waals surface area contributed by atoms with Crippen LogP contribution in [0.4, 0.5) is 0 Å². The van der Waals surface area contributed by atoms with E-state index in [1.807, 2.05) is 19.9 Å². The molecule has 1 unspecified atom stereocenters. The van der Waals surface area contributed by atoms with E-state index in [4.69, 9.17) is 0 Å². The van der Waals surface area contributed by atoms with Gasteiger partial charge < -0.3 is 0 Å². The second-order valence-corrected chi connectivity index (χ2v) is 3.37. The van der Waals surface area contributed by atoms with Crippen LogP contribution in [0.25, 0.3) is 0 Å². The van der Waals surface area contributed by atoms with Crippen molar-refractivity contribution >= 4 is 5.78 Å². The van der Waals surface area contributed by atoms with Crippen molar-refractivity contribution in [3.63, 3.8) is 0 Å². The molecular formula is C14H22O. The number of allylic oxidation sites excluding steroid dienone is 4. The zero-order valence-electron chi connectivity index (χ0n) is 9.96. The fraction of sp³-hybridized carbons (Fsp3) is 0.500. The third-order valence-corrected chi connectivity index (χ3v) is 2.50. The van der Waals surface area contributed by atoms with E-state index in [1.165, 1.54) is 0 Å². The van der Waals surface area contributed by atoms with E-state index in [9.17, 15) is 4.79 Å². The predicted molar refractivity (Wildman–Crippen MR) is 66.8 cm³/mol. The van der Waals surface area contributed by atoms with E-state index in [-0.39, 0.29) is 5.92 Å². The van der Waals surface area contributed by atoms with Crippen molar-refractivity contribution in [3.8, 4) is 0 Å². The van der Waals surface area contributed by atoms with Crippen LogP contribution in [0.2, 0.25) is 0 Å². The maximum Gasteiger partial charge on any atom is 0.140 e. The lowest BCUT2D eigenvalue weighted by atomic mass is 9.82. The first-order valence-electron chi connectivity index (χ1n) is 5.77. The van der Waals surface area contributed by atoms with Crippen molar-refractivity contribution in [3.05, 3.63) is 37.0 Å². The van der Waals surface area contributed by atoms with Gasteiger partial charge in [-0.2, -0.15) is 0 Å². The van der Waals surface area contributed by atoms with Crippen LogP contribution in [0, 0.1) is 5.92 Å². The highest BCUT2D eigenvalue weighted by Crippen LogP contribution is 2.27. The smallest absolute Gasteiger partial charge is 0.140 e. The van der Waals surface area contributed by atoms with Gasteiger partial charge in [-0.05, 0) is 18.4 Å². The number of carbonyl (C=O) groups excluding carboxylic acids is 1. The summed E-state index contributed by atoms with van der Waals surface area (Å²) in [7, 11) is 0. The quantitative estimate of drug-likeness (QED) is 0.636. The Morgan fingerprint density at radius 2 is 2.00 bits per heavy atom. The Hall–Kier alpha value is -1.11. The maximum atomic E-state index is 11.5. The van der Waals surface area contributed by atoms with Gasteiger partial charge in [0, 0.05) is 12.3 Å². The van der Waals surface area contributed by atoms with Gasteiger partial charge in [0.05, 0.1) is 0 Å². The number of Topliss-reactive ketones (excluding diaryl/α,β-unsaturated/α-hetero) is 1. The normalized spacial score (nSPS) is 21.3. The van der Waals surface area contributed by atoms with Gasteiger partial charge in [-0.3, -0.25) is 4.79 Å². The summed E-state index contributed by atoms with van der Waals surface area (Å²) in [4.78, 5) is 11.5. The molecule has 0 N–H and O–H groups in total. The summed E-state index contributed by atoms with van der Waals surface area (Å²) >= 11 is 0. The predicted octanol–water partition coefficient (Wildman–Crippen LogP) is 4.07. The van der Waals surface area contributed by atoms with Crippen molar-refractivity contribution in [2.45, 2.75) is 39.5 Å². The topological polar surface area (TPSA) is 17.1 Å². The molecule has 0 bridgehead atoms. The minimum Gasteiger partial charge on any atom is -0.299 e. The van der Waals surface area contributed by atoms with E-state index in [0.29, 0.717) is 5.78 Å². The van der Waals surface area contributed by atoms with Gasteiger partial charge in [0.25, 0.3) is 0 Å². The molecule has 1 nitrogen and oxygen atoms in total. The van der Waals surface area contributed by atoms with Gasteiger partial charge in [-0.15, -0.1) is 0 Å². The average molecular weight is 206 g/mol. The molecule has 0 amide bonds. The number of hydrogen-bond acceptors (Lipinski definition) is 1. The first-order valence-corrected chi connectivity index (χ1v) is 5.77. The first-order chi connectivity index (χ1) is 7.29. The van der Waals surface area contributed by atoms with E-state index in [1.54, 1.807) is 12.2 Å². The lowest BCUT2D eigenvalue weighted by molar-refractivity contribution is -0.123. The standard InChI is InChI=1S/C12H16O.C2H6/c1-3-7-10(4-2)11-8-5-6-9-12(11)13;1-2/h3-4,7,11H,1-2,5-6,8-9H2;1-2H3/b10-7+;. The molecule has 1 saturated carbocycles. The summed E-state index contributed by atoms with van der Waals surface area (Å²) in [6.45, 7) is 11.4. The van der Waals surface area contributed by atoms with Gasteiger partial charge in [0.2, 0.25) is 0 Å². The van der Waals surface area contributed by atoms with Crippen molar-refractivity contribution in [2.75, 3.05) is 0 Å². The van der Waals surface area contributed by atoms with Gasteiger partial charge in [-0.1, -0.05) is 51.7 Å². The summed E-state index contributed by atoms with van der Waals surface area (Å²) in [5.74, 6) is 0.448. The molecule has 0 saturated heterocycles. The summed E-state index contributed by atoms with van der Waals surface area (Å²) in [5.41, 5.74) is 1.03. The van der Waals surface area contributed by atoms with Crippen molar-refractivity contribution in [1.29, 1.82) is 0 Å². The van der Waals surface area contributed by atoms with Crippen LogP contribution in [0.5, 0.6) is 0 Å². The van der Waals surface area contributed by atoms with E-state index >= 15 is 0 Å². The number of hydrogen-bond donors (Lipinski definition) is 0. The zero-order valence-corrected chi connectivity index (χ0v) is 9.96. The van der Waals surface area contributed by atoms with Crippen LogP contribution in [0.1, 0.15) is 39.5 Å². The third-order valence-electron chi connectivity index (χ3n) is 2.50. The minimum absolute atomic E-state index is 0.0873. The van der Waals surface area contributed by atoms with Crippen LogP contribution in [-0.4, -0.2) is 5.78 Å². The van der Waals surface area contributed by atoms with Crippen molar-refractivity contribution in [2.24, 2.45) is 5.92 Å². The van der Waals surface area contributed by atoms with Crippen molar-refractivity contribution in [1.82, 2.24) is 0 Å². The Morgan fingerprint density at radius 3 is 2.47 bits per heavy atom. The molecule has 0 radical (unpaired) electrons. The Morgan fingerprint density at radius 1 is 1.33 bits per heavy atom. The molecule has 0 aromatic rings. The molecule has 84 valence electrons. The molecular weight excluding hydrogens is 184 g/mol. The van der Waals surface area contributed by atoms with Crippen LogP contribution in [0.15, 0.2) is 37.0 Å². The Bertz CT molecular complexity index is 248. The third kappa shape index (κ3) is 4.28. The van der Waals surface area contributed by atoms with E-state index in [0.717, 1.165) is 31.3 Å². The molecule has 0 aliphatic heterocycles. The lowest BCUT2D eigenvalue weighted by Crippen LogP contribution is -2.20.